The maximum Gasteiger partial charge on any atom is 0.253 e. The number of anilines is 1. The summed E-state index contributed by atoms with van der Waals surface area (Å²) >= 11 is 5.93. The van der Waals surface area contributed by atoms with E-state index < -0.39 is 0 Å². The summed E-state index contributed by atoms with van der Waals surface area (Å²) in [7, 11) is 0. The Balaban J connectivity index is 2.10. The van der Waals surface area contributed by atoms with E-state index in [0.29, 0.717) is 21.7 Å². The number of amides is 1. The maximum atomic E-state index is 12.3. The molecule has 1 aliphatic carbocycles. The van der Waals surface area contributed by atoms with Gasteiger partial charge >= 0.3 is 0 Å². The molecule has 2 rings (SSSR count). The molecule has 0 aromatic heterocycles. The molecule has 1 aromatic rings. The van der Waals surface area contributed by atoms with Gasteiger partial charge in [0.05, 0.1) is 11.3 Å². The Morgan fingerprint density at radius 3 is 2.79 bits per heavy atom. The molecule has 104 valence electrons. The highest BCUT2D eigenvalue weighted by atomic mass is 35.5. The van der Waals surface area contributed by atoms with Crippen LogP contribution in [-0.4, -0.2) is 11.9 Å². The lowest BCUT2D eigenvalue weighted by atomic mass is 9.92. The van der Waals surface area contributed by atoms with Gasteiger partial charge in [0.25, 0.3) is 5.91 Å². The van der Waals surface area contributed by atoms with Crippen molar-refractivity contribution in [3.05, 3.63) is 28.8 Å². The van der Waals surface area contributed by atoms with E-state index in [4.69, 9.17) is 17.4 Å². The highest BCUT2D eigenvalue weighted by molar-refractivity contribution is 6.31. The van der Waals surface area contributed by atoms with Crippen LogP contribution in [0.3, 0.4) is 0 Å². The summed E-state index contributed by atoms with van der Waals surface area (Å²) in [4.78, 5) is 12.3. The van der Waals surface area contributed by atoms with Crippen molar-refractivity contribution < 1.29 is 4.79 Å². The quantitative estimate of drug-likeness (QED) is 0.589. The van der Waals surface area contributed by atoms with Crippen LogP contribution in [0.1, 0.15) is 43.5 Å². The molecule has 1 amide bonds. The van der Waals surface area contributed by atoms with Crippen LogP contribution >= 0.6 is 11.6 Å². The molecule has 0 aliphatic heterocycles. The van der Waals surface area contributed by atoms with Gasteiger partial charge in [-0.05, 0) is 42.9 Å². The van der Waals surface area contributed by atoms with Crippen LogP contribution in [0.15, 0.2) is 18.2 Å². The minimum atomic E-state index is -0.127. The standard InChI is InChI=1S/C14H20ClN3O/c1-14(2)6-5-10(8-14)17-13(19)11-7-9(15)3-4-12(11)18-16/h3-4,7,10,18H,5-6,8,16H2,1-2H3,(H,17,19). The average Bonchev–Trinajstić information content (AvgIpc) is 2.68. The first-order chi connectivity index (χ1) is 8.91. The summed E-state index contributed by atoms with van der Waals surface area (Å²) in [6.07, 6.45) is 3.16. The van der Waals surface area contributed by atoms with Crippen LogP contribution < -0.4 is 16.6 Å². The Hall–Kier alpha value is -1.26. The van der Waals surface area contributed by atoms with Gasteiger partial charge in [0.2, 0.25) is 0 Å². The van der Waals surface area contributed by atoms with Gasteiger partial charge in [-0.15, -0.1) is 0 Å². The lowest BCUT2D eigenvalue weighted by Gasteiger charge is -2.18. The third kappa shape index (κ3) is 3.39. The van der Waals surface area contributed by atoms with Crippen LogP contribution in [0.5, 0.6) is 0 Å². The Morgan fingerprint density at radius 2 is 2.21 bits per heavy atom. The van der Waals surface area contributed by atoms with Gasteiger partial charge in [0, 0.05) is 11.1 Å². The first kappa shape index (κ1) is 14.2. The normalized spacial score (nSPS) is 21.2. The molecular weight excluding hydrogens is 262 g/mol. The minimum absolute atomic E-state index is 0.127. The van der Waals surface area contributed by atoms with Gasteiger partial charge in [-0.2, -0.15) is 0 Å². The van der Waals surface area contributed by atoms with Crippen LogP contribution in [0.4, 0.5) is 5.69 Å². The van der Waals surface area contributed by atoms with E-state index in [2.05, 4.69) is 24.6 Å². The number of carbonyl (C=O) groups excluding carboxylic acids is 1. The number of nitrogen functional groups attached to an aromatic ring is 1. The number of hydrazine groups is 1. The SMILES string of the molecule is CC1(C)CCC(NC(=O)c2cc(Cl)ccc2NN)C1. The summed E-state index contributed by atoms with van der Waals surface area (Å²) in [5.74, 6) is 5.29. The second-order valence-corrected chi connectivity index (χ2v) is 6.35. The van der Waals surface area contributed by atoms with Crippen molar-refractivity contribution >= 4 is 23.2 Å². The lowest BCUT2D eigenvalue weighted by Crippen LogP contribution is -2.34. The fourth-order valence-corrected chi connectivity index (χ4v) is 2.82. The number of hydrogen-bond donors (Lipinski definition) is 3. The van der Waals surface area contributed by atoms with Crippen molar-refractivity contribution in [3.63, 3.8) is 0 Å². The second-order valence-electron chi connectivity index (χ2n) is 5.91. The van der Waals surface area contributed by atoms with Crippen molar-refractivity contribution in [2.75, 3.05) is 5.43 Å². The summed E-state index contributed by atoms with van der Waals surface area (Å²) in [5.41, 5.74) is 3.90. The van der Waals surface area contributed by atoms with Crippen LogP contribution in [-0.2, 0) is 0 Å². The molecule has 0 heterocycles. The summed E-state index contributed by atoms with van der Waals surface area (Å²) in [6, 6.07) is 5.26. The van der Waals surface area contributed by atoms with Crippen LogP contribution in [0.25, 0.3) is 0 Å². The molecular formula is C14H20ClN3O. The summed E-state index contributed by atoms with van der Waals surface area (Å²) < 4.78 is 0. The van der Waals surface area contributed by atoms with Crippen molar-refractivity contribution in [2.24, 2.45) is 11.3 Å². The summed E-state index contributed by atoms with van der Waals surface area (Å²) in [6.45, 7) is 4.46. The van der Waals surface area contributed by atoms with Crippen molar-refractivity contribution in [2.45, 2.75) is 39.2 Å². The van der Waals surface area contributed by atoms with Crippen molar-refractivity contribution in [1.82, 2.24) is 5.32 Å². The van der Waals surface area contributed by atoms with E-state index in [-0.39, 0.29) is 11.9 Å². The molecule has 1 atom stereocenters. The molecule has 1 unspecified atom stereocenters. The first-order valence-corrected chi connectivity index (χ1v) is 6.86. The van der Waals surface area contributed by atoms with E-state index in [1.807, 2.05) is 0 Å². The zero-order valence-electron chi connectivity index (χ0n) is 11.3. The number of benzene rings is 1. The smallest absolute Gasteiger partial charge is 0.253 e. The van der Waals surface area contributed by atoms with Crippen LogP contribution in [0, 0.1) is 5.41 Å². The van der Waals surface area contributed by atoms with Crippen molar-refractivity contribution in [1.29, 1.82) is 0 Å². The van der Waals surface area contributed by atoms with E-state index in [0.717, 1.165) is 19.3 Å². The van der Waals surface area contributed by atoms with Gasteiger partial charge < -0.3 is 10.7 Å². The van der Waals surface area contributed by atoms with Gasteiger partial charge in [0.1, 0.15) is 0 Å². The number of hydrogen-bond acceptors (Lipinski definition) is 3. The van der Waals surface area contributed by atoms with E-state index in [1.165, 1.54) is 0 Å². The molecule has 0 saturated heterocycles. The molecule has 19 heavy (non-hydrogen) atoms. The van der Waals surface area contributed by atoms with E-state index in [9.17, 15) is 4.79 Å². The second kappa shape index (κ2) is 5.39. The molecule has 1 aromatic carbocycles. The fourth-order valence-electron chi connectivity index (χ4n) is 2.65. The number of halogens is 1. The van der Waals surface area contributed by atoms with Gasteiger partial charge in [-0.3, -0.25) is 10.6 Å². The Morgan fingerprint density at radius 1 is 1.47 bits per heavy atom. The summed E-state index contributed by atoms with van der Waals surface area (Å²) in [5, 5.41) is 3.58. The van der Waals surface area contributed by atoms with Crippen molar-refractivity contribution in [3.8, 4) is 0 Å². The van der Waals surface area contributed by atoms with Gasteiger partial charge in [-0.25, -0.2) is 0 Å². The first-order valence-electron chi connectivity index (χ1n) is 6.48. The predicted octanol–water partition coefficient (Wildman–Crippen LogP) is 2.93. The zero-order valence-corrected chi connectivity index (χ0v) is 12.1. The largest absolute Gasteiger partial charge is 0.349 e. The molecule has 0 spiro atoms. The molecule has 1 fully saturated rings. The molecule has 4 N–H and O–H groups in total. The fraction of sp³-hybridized carbons (Fsp3) is 0.500. The predicted molar refractivity (Wildman–Crippen MR) is 78.1 cm³/mol. The zero-order chi connectivity index (χ0) is 14.0. The molecule has 4 nitrogen and oxygen atoms in total. The molecule has 1 saturated carbocycles. The highest BCUT2D eigenvalue weighted by Gasteiger charge is 2.32. The Bertz CT molecular complexity index is 488. The van der Waals surface area contributed by atoms with Crippen LogP contribution in [0.2, 0.25) is 5.02 Å². The topological polar surface area (TPSA) is 67.2 Å². The monoisotopic (exact) mass is 281 g/mol. The number of carbonyl (C=O) groups is 1. The van der Waals surface area contributed by atoms with E-state index >= 15 is 0 Å². The van der Waals surface area contributed by atoms with Gasteiger partial charge in [0.15, 0.2) is 0 Å². The Kier molecular flexibility index (Phi) is 4.02. The Labute approximate surface area is 118 Å². The average molecular weight is 282 g/mol. The number of nitrogens with one attached hydrogen (secondary N) is 2. The number of nitrogens with two attached hydrogens (primary N) is 1. The third-order valence-corrected chi connectivity index (χ3v) is 3.92. The van der Waals surface area contributed by atoms with Gasteiger partial charge in [-0.1, -0.05) is 25.4 Å². The molecule has 5 heteroatoms. The van der Waals surface area contributed by atoms with E-state index in [1.54, 1.807) is 18.2 Å². The maximum absolute atomic E-state index is 12.3. The minimum Gasteiger partial charge on any atom is -0.349 e. The molecule has 0 bridgehead atoms. The highest BCUT2D eigenvalue weighted by Crippen LogP contribution is 2.37. The third-order valence-electron chi connectivity index (χ3n) is 3.69. The molecule has 0 radical (unpaired) electrons. The molecule has 1 aliphatic rings. The number of rotatable bonds is 3. The lowest BCUT2D eigenvalue weighted by molar-refractivity contribution is 0.0937.